The van der Waals surface area contributed by atoms with Gasteiger partial charge in [0.1, 0.15) is 5.75 Å². The zero-order valence-corrected chi connectivity index (χ0v) is 25.2. The van der Waals surface area contributed by atoms with Gasteiger partial charge >= 0.3 is 0 Å². The number of amides is 1. The molecule has 5 atom stereocenters. The molecule has 2 heterocycles. The second-order valence-corrected chi connectivity index (χ2v) is 15.4. The highest BCUT2D eigenvalue weighted by atomic mass is 35.5. The van der Waals surface area contributed by atoms with Crippen LogP contribution in [0.25, 0.3) is 0 Å². The third-order valence-corrected chi connectivity index (χ3v) is 11.7. The van der Waals surface area contributed by atoms with E-state index in [1.165, 1.54) is 11.1 Å². The number of nitrogens with one attached hydrogen (secondary N) is 1. The minimum atomic E-state index is -2.82. The minimum absolute atomic E-state index is 0.00928. The fourth-order valence-corrected chi connectivity index (χ4v) is 9.06. The van der Waals surface area contributed by atoms with Crippen molar-refractivity contribution in [2.24, 2.45) is 11.8 Å². The summed E-state index contributed by atoms with van der Waals surface area (Å²) in [6, 6.07) is 11.6. The highest BCUT2D eigenvalue weighted by Crippen LogP contribution is 2.48. The summed E-state index contributed by atoms with van der Waals surface area (Å²) in [6.07, 6.45) is 7.41. The summed E-state index contributed by atoms with van der Waals surface area (Å²) >= 11 is 6.39. The highest BCUT2D eigenvalue weighted by Gasteiger charge is 2.48. The summed E-state index contributed by atoms with van der Waals surface area (Å²) in [5.41, 5.74) is 2.38. The van der Waals surface area contributed by atoms with Crippen LogP contribution in [-0.4, -0.2) is 63.9 Å². The second kappa shape index (κ2) is 11.1. The summed E-state index contributed by atoms with van der Waals surface area (Å²) in [5, 5.41) is 22.7. The zero-order chi connectivity index (χ0) is 28.8. The number of carbonyl (C=O) groups excluding carboxylic acids is 1. The molecule has 4 aliphatic rings. The van der Waals surface area contributed by atoms with E-state index < -0.39 is 21.2 Å². The van der Waals surface area contributed by atoms with Crippen molar-refractivity contribution >= 4 is 38.8 Å². The minimum Gasteiger partial charge on any atom is -0.490 e. The number of anilines is 1. The Kier molecular flexibility index (Phi) is 7.81. The van der Waals surface area contributed by atoms with Gasteiger partial charge in [-0.2, -0.15) is 0 Å². The number of fused-ring (bicyclic) bond motifs is 4. The van der Waals surface area contributed by atoms with Crippen LogP contribution in [0.15, 0.2) is 36.4 Å². The van der Waals surface area contributed by atoms with E-state index in [2.05, 4.69) is 27.6 Å². The molecule has 6 rings (SSSR count). The molecule has 2 aliphatic carbocycles. The van der Waals surface area contributed by atoms with Crippen LogP contribution in [-0.2, 0) is 21.5 Å². The van der Waals surface area contributed by atoms with Crippen molar-refractivity contribution in [2.75, 3.05) is 37.0 Å². The second-order valence-electron chi connectivity index (χ2n) is 12.8. The molecule has 0 aromatic heterocycles. The zero-order valence-electron chi connectivity index (χ0n) is 23.6. The number of carbonyl (C=O) groups is 1. The Morgan fingerprint density at radius 1 is 1.12 bits per heavy atom. The summed E-state index contributed by atoms with van der Waals surface area (Å²) in [6.45, 7) is 1.63. The van der Waals surface area contributed by atoms with Gasteiger partial charge in [0, 0.05) is 44.6 Å². The molecule has 222 valence electrons. The highest BCUT2D eigenvalue weighted by molar-refractivity contribution is 7.99. The Hall–Kier alpha value is -2.26. The van der Waals surface area contributed by atoms with E-state index in [1.807, 2.05) is 18.2 Å². The van der Waals surface area contributed by atoms with Gasteiger partial charge < -0.3 is 19.8 Å². The Bertz CT molecular complexity index is 1430. The topological polar surface area (TPSA) is 99.1 Å². The molecule has 2 aromatic carbocycles. The maximum Gasteiger partial charge on any atom is 0.262 e. The molecule has 9 heteroatoms. The first-order valence-corrected chi connectivity index (χ1v) is 17.2. The maximum atomic E-state index is 13.3. The number of rotatable bonds is 1. The fraction of sp³-hybridized carbons (Fsp3) is 0.562. The first-order valence-electron chi connectivity index (χ1n) is 14.9. The van der Waals surface area contributed by atoms with Crippen LogP contribution in [0.1, 0.15) is 72.9 Å². The van der Waals surface area contributed by atoms with Crippen LogP contribution >= 0.6 is 11.6 Å². The van der Waals surface area contributed by atoms with Crippen LogP contribution in [0, 0.1) is 11.8 Å². The predicted molar refractivity (Wildman–Crippen MR) is 165 cm³/mol. The van der Waals surface area contributed by atoms with Crippen molar-refractivity contribution in [1.82, 2.24) is 4.72 Å². The Labute approximate surface area is 248 Å². The van der Waals surface area contributed by atoms with Crippen LogP contribution in [0.4, 0.5) is 5.69 Å². The molecule has 2 aliphatic heterocycles. The monoisotopic (exact) mass is 600 g/mol. The van der Waals surface area contributed by atoms with Gasteiger partial charge in [0.05, 0.1) is 24.5 Å². The van der Waals surface area contributed by atoms with Gasteiger partial charge in [0.15, 0.2) is 0 Å². The van der Waals surface area contributed by atoms with Crippen molar-refractivity contribution in [3.05, 3.63) is 58.1 Å². The van der Waals surface area contributed by atoms with Gasteiger partial charge in [0.2, 0.25) is 0 Å². The number of benzene rings is 2. The van der Waals surface area contributed by atoms with Gasteiger partial charge in [-0.1, -0.05) is 30.5 Å². The van der Waals surface area contributed by atoms with Crippen LogP contribution in [0.5, 0.6) is 5.75 Å². The first kappa shape index (κ1) is 28.8. The van der Waals surface area contributed by atoms with Crippen LogP contribution < -0.4 is 14.4 Å². The van der Waals surface area contributed by atoms with Gasteiger partial charge in [-0.3, -0.25) is 9.52 Å². The SMILES string of the molecule is C=S1(=O)CCCCC[C@](O)(CO)[C@@H]2CC[C@H]2CN2C[C@@]3(CCCc4cc(Cl)ccc43)COc3ccc(cc32)C(=O)N1. The summed E-state index contributed by atoms with van der Waals surface area (Å²) in [4.78, 5) is 15.6. The molecule has 41 heavy (non-hydrogen) atoms. The molecule has 0 radical (unpaired) electrons. The molecule has 1 unspecified atom stereocenters. The molecule has 7 nitrogen and oxygen atoms in total. The average Bonchev–Trinajstić information content (AvgIpc) is 3.07. The smallest absolute Gasteiger partial charge is 0.262 e. The van der Waals surface area contributed by atoms with E-state index in [0.717, 1.165) is 49.2 Å². The van der Waals surface area contributed by atoms with Crippen molar-refractivity contribution < 1.29 is 24.0 Å². The van der Waals surface area contributed by atoms with Crippen molar-refractivity contribution in [1.29, 1.82) is 0 Å². The lowest BCUT2D eigenvalue weighted by molar-refractivity contribution is -0.117. The number of ether oxygens (including phenoxy) is 1. The largest absolute Gasteiger partial charge is 0.490 e. The molecule has 2 aromatic rings. The average molecular weight is 601 g/mol. The molecule has 3 N–H and O–H groups in total. The number of aliphatic hydroxyl groups is 2. The van der Waals surface area contributed by atoms with E-state index in [-0.39, 0.29) is 29.6 Å². The lowest BCUT2D eigenvalue weighted by atomic mass is 9.63. The third-order valence-electron chi connectivity index (χ3n) is 10.00. The Morgan fingerprint density at radius 2 is 1.98 bits per heavy atom. The predicted octanol–water partition coefficient (Wildman–Crippen LogP) is 4.50. The summed E-state index contributed by atoms with van der Waals surface area (Å²) in [5.74, 6) is 4.60. The van der Waals surface area contributed by atoms with Crippen LogP contribution in [0.3, 0.4) is 0 Å². The summed E-state index contributed by atoms with van der Waals surface area (Å²) in [7, 11) is -2.82. The van der Waals surface area contributed by atoms with E-state index in [1.54, 1.807) is 6.07 Å². The lowest BCUT2D eigenvalue weighted by Crippen LogP contribution is -2.54. The number of hydrogen-bond acceptors (Lipinski definition) is 6. The molecular weight excluding hydrogens is 560 g/mol. The number of aliphatic hydroxyl groups excluding tert-OH is 1. The number of hydrogen-bond donors (Lipinski definition) is 3. The van der Waals surface area contributed by atoms with Gasteiger partial charge in [-0.15, -0.1) is 0 Å². The van der Waals surface area contributed by atoms with Gasteiger partial charge in [0.25, 0.3) is 5.91 Å². The quantitative estimate of drug-likeness (QED) is 0.417. The molecule has 1 amide bonds. The Balaban J connectivity index is 1.42. The lowest BCUT2D eigenvalue weighted by Gasteiger charge is -2.49. The molecule has 1 spiro atoms. The number of nitrogens with zero attached hydrogens (tertiary/aromatic N) is 1. The van der Waals surface area contributed by atoms with Crippen molar-refractivity contribution in [2.45, 2.75) is 68.8 Å². The van der Waals surface area contributed by atoms with Crippen LogP contribution in [0.2, 0.25) is 5.02 Å². The van der Waals surface area contributed by atoms with E-state index in [4.69, 9.17) is 16.3 Å². The Morgan fingerprint density at radius 3 is 2.76 bits per heavy atom. The van der Waals surface area contributed by atoms with Gasteiger partial charge in [-0.05, 0) is 104 Å². The fourth-order valence-electron chi connectivity index (χ4n) is 7.64. The van der Waals surface area contributed by atoms with Gasteiger partial charge in [-0.25, -0.2) is 4.21 Å². The third kappa shape index (κ3) is 5.61. The molecule has 0 saturated heterocycles. The van der Waals surface area contributed by atoms with E-state index in [9.17, 15) is 19.2 Å². The van der Waals surface area contributed by atoms with Crippen molar-refractivity contribution in [3.8, 4) is 5.75 Å². The molecular formula is C32H41ClN2O5S. The van der Waals surface area contributed by atoms with E-state index in [0.29, 0.717) is 50.3 Å². The molecule has 1 fully saturated rings. The number of aryl methyl sites for hydroxylation is 1. The summed E-state index contributed by atoms with van der Waals surface area (Å²) < 4.78 is 22.4. The first-order chi connectivity index (χ1) is 19.6. The standard InChI is InChI=1S/C32H41ClN2O5S/c1-41(39)15-4-2-3-14-32(38,20-36)27-10-7-24(27)18-35-19-31(13-5-6-22-16-25(33)9-11-26(22)31)21-40-29-12-8-23(17-28(29)35)30(37)34-41/h8-9,11-12,16-17,24,27,36,38H,1-7,10,13-15,18-21H2,(H,34,37,39)/t24-,27+,31-,32-,41?/m0/s1. The van der Waals surface area contributed by atoms with E-state index >= 15 is 0 Å². The normalized spacial score (nSPS) is 33.9. The van der Waals surface area contributed by atoms with Crippen molar-refractivity contribution in [3.63, 3.8) is 0 Å². The maximum absolute atomic E-state index is 13.3. The molecule has 2 bridgehead atoms. The molecule has 1 saturated carbocycles. The number of halogens is 1.